The molecule has 0 radical (unpaired) electrons. The average molecular weight is 252 g/mol. The monoisotopic (exact) mass is 252 g/mol. The summed E-state index contributed by atoms with van der Waals surface area (Å²) in [7, 11) is 2.03. The fraction of sp³-hybridized carbons (Fsp3) is 0.200. The second-order valence-corrected chi connectivity index (χ2v) is 4.60. The van der Waals surface area contributed by atoms with Gasteiger partial charge in [-0.15, -0.1) is 0 Å². The van der Waals surface area contributed by atoms with Crippen LogP contribution in [0.25, 0.3) is 22.4 Å². The third kappa shape index (κ3) is 2.11. The molecule has 19 heavy (non-hydrogen) atoms. The summed E-state index contributed by atoms with van der Waals surface area (Å²) in [6.07, 6.45) is 4.49. The maximum absolute atomic E-state index is 5.60. The topological polar surface area (TPSA) is 56.7 Å². The van der Waals surface area contributed by atoms with Crippen molar-refractivity contribution in [2.45, 2.75) is 6.42 Å². The van der Waals surface area contributed by atoms with Gasteiger partial charge in [0, 0.05) is 25.0 Å². The van der Waals surface area contributed by atoms with Crippen molar-refractivity contribution in [2.75, 3.05) is 6.54 Å². The van der Waals surface area contributed by atoms with E-state index in [9.17, 15) is 0 Å². The van der Waals surface area contributed by atoms with Gasteiger partial charge in [0.05, 0.1) is 11.0 Å². The highest BCUT2D eigenvalue weighted by Crippen LogP contribution is 2.23. The van der Waals surface area contributed by atoms with E-state index in [-0.39, 0.29) is 0 Å². The van der Waals surface area contributed by atoms with Crippen LogP contribution in [0.4, 0.5) is 0 Å². The normalized spacial score (nSPS) is 11.1. The number of rotatable bonds is 3. The van der Waals surface area contributed by atoms with E-state index in [4.69, 9.17) is 10.7 Å². The Labute approximate surface area is 111 Å². The van der Waals surface area contributed by atoms with E-state index in [1.807, 2.05) is 25.4 Å². The molecule has 3 rings (SSSR count). The summed E-state index contributed by atoms with van der Waals surface area (Å²) in [5.41, 5.74) is 9.99. The number of hydrogen-bond acceptors (Lipinski definition) is 3. The van der Waals surface area contributed by atoms with Gasteiger partial charge in [0.2, 0.25) is 0 Å². The standard InChI is InChI=1S/C15H16N4/c1-19-14-5-4-11(6-7-16)9-13(14)18-15(19)12-3-2-8-17-10-12/h2-5,8-10H,6-7,16H2,1H3. The first-order valence-corrected chi connectivity index (χ1v) is 6.35. The smallest absolute Gasteiger partial charge is 0.142 e. The molecule has 1 aromatic carbocycles. The van der Waals surface area contributed by atoms with E-state index >= 15 is 0 Å². The molecule has 3 aromatic rings. The molecule has 2 aromatic heterocycles. The predicted molar refractivity (Wildman–Crippen MR) is 76.7 cm³/mol. The predicted octanol–water partition coefficient (Wildman–Crippen LogP) is 2.14. The van der Waals surface area contributed by atoms with E-state index < -0.39 is 0 Å². The van der Waals surface area contributed by atoms with Gasteiger partial charge in [-0.3, -0.25) is 4.98 Å². The minimum atomic E-state index is 0.661. The Balaban J connectivity index is 2.14. The molecule has 0 aliphatic rings. The molecule has 0 aliphatic heterocycles. The lowest BCUT2D eigenvalue weighted by atomic mass is 10.1. The number of hydrogen-bond donors (Lipinski definition) is 1. The number of nitrogens with zero attached hydrogens (tertiary/aromatic N) is 3. The van der Waals surface area contributed by atoms with E-state index in [1.54, 1.807) is 6.20 Å². The van der Waals surface area contributed by atoms with E-state index in [0.717, 1.165) is 28.8 Å². The maximum Gasteiger partial charge on any atom is 0.142 e. The third-order valence-electron chi connectivity index (χ3n) is 3.30. The summed E-state index contributed by atoms with van der Waals surface area (Å²) in [6, 6.07) is 10.3. The Bertz CT molecular complexity index is 701. The van der Waals surface area contributed by atoms with E-state index in [2.05, 4.69) is 27.8 Å². The van der Waals surface area contributed by atoms with Crippen LogP contribution in [0.2, 0.25) is 0 Å². The molecule has 0 spiro atoms. The molecule has 4 nitrogen and oxygen atoms in total. The molecule has 0 fully saturated rings. The summed E-state index contributed by atoms with van der Waals surface area (Å²) in [4.78, 5) is 8.86. The highest BCUT2D eigenvalue weighted by atomic mass is 15.1. The molecule has 0 saturated carbocycles. The Kier molecular flexibility index (Phi) is 3.01. The molecular formula is C15H16N4. The van der Waals surface area contributed by atoms with Gasteiger partial charge in [-0.05, 0) is 42.8 Å². The van der Waals surface area contributed by atoms with Crippen molar-refractivity contribution < 1.29 is 0 Å². The van der Waals surface area contributed by atoms with Gasteiger partial charge in [0.15, 0.2) is 0 Å². The summed E-state index contributed by atoms with van der Waals surface area (Å²) < 4.78 is 2.10. The number of imidazole rings is 1. The molecule has 2 N–H and O–H groups in total. The van der Waals surface area contributed by atoms with Crippen molar-refractivity contribution in [3.63, 3.8) is 0 Å². The second kappa shape index (κ2) is 4.82. The van der Waals surface area contributed by atoms with Crippen molar-refractivity contribution >= 4 is 11.0 Å². The first kappa shape index (κ1) is 11.9. The lowest BCUT2D eigenvalue weighted by Gasteiger charge is -2.01. The van der Waals surface area contributed by atoms with Crippen molar-refractivity contribution in [1.29, 1.82) is 0 Å². The fourth-order valence-corrected chi connectivity index (χ4v) is 2.32. The molecule has 4 heteroatoms. The van der Waals surface area contributed by atoms with Crippen LogP contribution in [0.15, 0.2) is 42.7 Å². The zero-order valence-electron chi connectivity index (χ0n) is 10.9. The Morgan fingerprint density at radius 3 is 2.89 bits per heavy atom. The highest BCUT2D eigenvalue weighted by Gasteiger charge is 2.10. The Hall–Kier alpha value is -2.20. The van der Waals surface area contributed by atoms with Crippen LogP contribution < -0.4 is 5.73 Å². The highest BCUT2D eigenvalue weighted by molar-refractivity contribution is 5.81. The van der Waals surface area contributed by atoms with Crippen molar-refractivity contribution in [2.24, 2.45) is 12.8 Å². The second-order valence-electron chi connectivity index (χ2n) is 4.60. The molecule has 0 saturated heterocycles. The van der Waals surface area contributed by atoms with Gasteiger partial charge in [0.25, 0.3) is 0 Å². The Morgan fingerprint density at radius 1 is 1.26 bits per heavy atom. The van der Waals surface area contributed by atoms with Gasteiger partial charge >= 0.3 is 0 Å². The minimum Gasteiger partial charge on any atom is -0.330 e. The maximum atomic E-state index is 5.60. The lowest BCUT2D eigenvalue weighted by molar-refractivity contribution is 0.955. The van der Waals surface area contributed by atoms with Crippen LogP contribution in [0.5, 0.6) is 0 Å². The summed E-state index contributed by atoms with van der Waals surface area (Å²) >= 11 is 0. The van der Waals surface area contributed by atoms with Crippen LogP contribution in [-0.2, 0) is 13.5 Å². The number of pyridine rings is 1. The summed E-state index contributed by atoms with van der Waals surface area (Å²) in [5, 5.41) is 0. The van der Waals surface area contributed by atoms with Gasteiger partial charge in [-0.2, -0.15) is 0 Å². The number of nitrogens with two attached hydrogens (primary N) is 1. The quantitative estimate of drug-likeness (QED) is 0.777. The first-order valence-electron chi connectivity index (χ1n) is 6.35. The van der Waals surface area contributed by atoms with Gasteiger partial charge in [-0.1, -0.05) is 6.07 Å². The van der Waals surface area contributed by atoms with Crippen LogP contribution >= 0.6 is 0 Å². The SMILES string of the molecule is Cn1c(-c2cccnc2)nc2cc(CCN)ccc21. The molecule has 0 atom stereocenters. The van der Waals surface area contributed by atoms with E-state index in [1.165, 1.54) is 5.56 Å². The zero-order valence-corrected chi connectivity index (χ0v) is 10.9. The van der Waals surface area contributed by atoms with Crippen LogP contribution in [0.1, 0.15) is 5.56 Å². The van der Waals surface area contributed by atoms with Gasteiger partial charge in [-0.25, -0.2) is 4.98 Å². The average Bonchev–Trinajstić information content (AvgIpc) is 2.77. The third-order valence-corrected chi connectivity index (χ3v) is 3.30. The van der Waals surface area contributed by atoms with Gasteiger partial charge < -0.3 is 10.3 Å². The molecule has 0 amide bonds. The zero-order chi connectivity index (χ0) is 13.2. The van der Waals surface area contributed by atoms with Crippen molar-refractivity contribution in [3.05, 3.63) is 48.3 Å². The molecule has 0 bridgehead atoms. The van der Waals surface area contributed by atoms with Crippen LogP contribution in [0.3, 0.4) is 0 Å². The molecule has 96 valence electrons. The van der Waals surface area contributed by atoms with E-state index in [0.29, 0.717) is 6.54 Å². The molecule has 0 aliphatic carbocycles. The van der Waals surface area contributed by atoms with Crippen LogP contribution in [-0.4, -0.2) is 21.1 Å². The van der Waals surface area contributed by atoms with Gasteiger partial charge in [0.1, 0.15) is 5.82 Å². The lowest BCUT2D eigenvalue weighted by Crippen LogP contribution is -2.02. The number of aromatic nitrogens is 3. The minimum absolute atomic E-state index is 0.661. The molecular weight excluding hydrogens is 236 g/mol. The van der Waals surface area contributed by atoms with Crippen LogP contribution in [0, 0.1) is 0 Å². The fourth-order valence-electron chi connectivity index (χ4n) is 2.32. The van der Waals surface area contributed by atoms with Crippen molar-refractivity contribution in [1.82, 2.24) is 14.5 Å². The largest absolute Gasteiger partial charge is 0.330 e. The Morgan fingerprint density at radius 2 is 2.16 bits per heavy atom. The number of benzene rings is 1. The summed E-state index contributed by atoms with van der Waals surface area (Å²) in [5.74, 6) is 0.938. The molecule has 0 unspecified atom stereocenters. The number of fused-ring (bicyclic) bond motifs is 1. The van der Waals surface area contributed by atoms with Crippen molar-refractivity contribution in [3.8, 4) is 11.4 Å². The molecule has 2 heterocycles. The first-order chi connectivity index (χ1) is 9.29. The number of aryl methyl sites for hydroxylation is 1. The summed E-state index contributed by atoms with van der Waals surface area (Å²) in [6.45, 7) is 0.661.